The van der Waals surface area contributed by atoms with Crippen molar-refractivity contribution in [2.45, 2.75) is 59.4 Å². The largest absolute Gasteiger partial charge is 0.508 e. The van der Waals surface area contributed by atoms with Crippen LogP contribution < -0.4 is 5.32 Å². The lowest BCUT2D eigenvalue weighted by molar-refractivity contribution is -0.0902. The number of carbonyl (C=O) groups is 2. The molecular formula is C32H37NO4. The minimum Gasteiger partial charge on any atom is -0.508 e. The third-order valence-electron chi connectivity index (χ3n) is 9.43. The molecular weight excluding hydrogens is 462 g/mol. The third-order valence-corrected chi connectivity index (χ3v) is 9.43. The number of phenols is 2. The molecule has 5 atom stereocenters. The van der Waals surface area contributed by atoms with E-state index in [0.717, 1.165) is 36.5 Å². The van der Waals surface area contributed by atoms with Gasteiger partial charge in [-0.05, 0) is 77.0 Å². The van der Waals surface area contributed by atoms with Crippen LogP contribution in [0.1, 0.15) is 74.1 Å². The van der Waals surface area contributed by atoms with Gasteiger partial charge in [0.1, 0.15) is 11.5 Å². The molecule has 3 aromatic rings. The summed E-state index contributed by atoms with van der Waals surface area (Å²) in [5.41, 5.74) is 0.712. The molecule has 2 fully saturated rings. The molecule has 1 amide bonds. The fraction of sp³-hybridized carbons (Fsp3) is 0.438. The zero-order valence-corrected chi connectivity index (χ0v) is 22.1. The Balaban J connectivity index is 1.50. The first kappa shape index (κ1) is 25.3. The molecule has 0 radical (unpaired) electrons. The van der Waals surface area contributed by atoms with Crippen LogP contribution in [0.15, 0.2) is 60.7 Å². The van der Waals surface area contributed by atoms with Crippen molar-refractivity contribution < 1.29 is 19.8 Å². The maximum Gasteiger partial charge on any atom is 0.251 e. The number of Topliss-reactive ketones (excluding diaryl/α,β-unsaturated/α-hetero) is 1. The van der Waals surface area contributed by atoms with Crippen LogP contribution in [0.5, 0.6) is 11.5 Å². The smallest absolute Gasteiger partial charge is 0.251 e. The molecule has 2 aliphatic rings. The van der Waals surface area contributed by atoms with Crippen LogP contribution in [0.4, 0.5) is 0 Å². The lowest BCUT2D eigenvalue weighted by Gasteiger charge is -2.60. The van der Waals surface area contributed by atoms with Crippen molar-refractivity contribution in [2.24, 2.45) is 28.6 Å². The van der Waals surface area contributed by atoms with Crippen LogP contribution in [0.25, 0.3) is 10.8 Å². The van der Waals surface area contributed by atoms with Crippen molar-refractivity contribution in [3.8, 4) is 11.5 Å². The van der Waals surface area contributed by atoms with Crippen LogP contribution in [-0.2, 0) is 0 Å². The first-order valence-corrected chi connectivity index (χ1v) is 13.4. The second-order valence-corrected chi connectivity index (χ2v) is 12.2. The molecule has 5 heteroatoms. The van der Waals surface area contributed by atoms with Crippen molar-refractivity contribution >= 4 is 22.5 Å². The highest BCUT2D eigenvalue weighted by Crippen LogP contribution is 2.61. The van der Waals surface area contributed by atoms with Crippen LogP contribution in [-0.4, -0.2) is 27.9 Å². The standard InChI is InChI=1S/C32H37NO4/c1-19-26(33-30(37)22-11-10-20-8-5-6-9-21(20)14-22)18-27-31(2,3)12-7-13-32(27,4)28(19)29(36)23-15-24(34)17-25(35)16-23/h5-6,8-11,14-17,19,26-28,34-35H,7,12-13,18H2,1-4H3,(H,33,37)/t19-,26+,27-,28+,32-/m0/s1. The van der Waals surface area contributed by atoms with E-state index in [-0.39, 0.29) is 57.8 Å². The van der Waals surface area contributed by atoms with E-state index in [4.69, 9.17) is 0 Å². The van der Waals surface area contributed by atoms with E-state index in [1.807, 2.05) is 42.5 Å². The zero-order valence-electron chi connectivity index (χ0n) is 22.1. The molecule has 2 aliphatic carbocycles. The van der Waals surface area contributed by atoms with Gasteiger partial charge in [0.25, 0.3) is 5.91 Å². The van der Waals surface area contributed by atoms with E-state index in [2.05, 4.69) is 33.0 Å². The minimum absolute atomic E-state index is 0.0264. The highest BCUT2D eigenvalue weighted by atomic mass is 16.3. The number of carbonyl (C=O) groups excluding carboxylic acids is 2. The first-order valence-electron chi connectivity index (χ1n) is 13.4. The van der Waals surface area contributed by atoms with E-state index in [0.29, 0.717) is 11.1 Å². The van der Waals surface area contributed by atoms with E-state index < -0.39 is 0 Å². The van der Waals surface area contributed by atoms with Gasteiger partial charge in [-0.25, -0.2) is 0 Å². The number of rotatable bonds is 4. The fourth-order valence-electron chi connectivity index (χ4n) is 7.66. The first-order chi connectivity index (χ1) is 17.5. The summed E-state index contributed by atoms with van der Waals surface area (Å²) in [4.78, 5) is 27.6. The molecule has 0 aromatic heterocycles. The van der Waals surface area contributed by atoms with Crippen LogP contribution >= 0.6 is 0 Å². The van der Waals surface area contributed by atoms with E-state index in [1.54, 1.807) is 0 Å². The Kier molecular flexibility index (Phi) is 6.29. The molecule has 5 rings (SSSR count). The van der Waals surface area contributed by atoms with E-state index in [1.165, 1.54) is 18.2 Å². The molecule has 37 heavy (non-hydrogen) atoms. The number of ketones is 1. The molecule has 3 aromatic carbocycles. The molecule has 3 N–H and O–H groups in total. The lowest BCUT2D eigenvalue weighted by atomic mass is 9.45. The molecule has 0 unspecified atom stereocenters. The Labute approximate surface area is 218 Å². The summed E-state index contributed by atoms with van der Waals surface area (Å²) < 4.78 is 0. The number of hydrogen-bond donors (Lipinski definition) is 3. The highest BCUT2D eigenvalue weighted by Gasteiger charge is 2.58. The van der Waals surface area contributed by atoms with Gasteiger partial charge in [-0.1, -0.05) is 64.4 Å². The summed E-state index contributed by atoms with van der Waals surface area (Å²) in [6.45, 7) is 8.88. The summed E-state index contributed by atoms with van der Waals surface area (Å²) >= 11 is 0. The van der Waals surface area contributed by atoms with Gasteiger partial charge in [0.15, 0.2) is 5.78 Å². The number of phenolic OH excluding ortho intramolecular Hbond substituents is 2. The number of hydrogen-bond acceptors (Lipinski definition) is 4. The molecule has 0 bridgehead atoms. The predicted molar refractivity (Wildman–Crippen MR) is 146 cm³/mol. The van der Waals surface area contributed by atoms with Crippen LogP contribution in [0.3, 0.4) is 0 Å². The predicted octanol–water partition coefficient (Wildman–Crippen LogP) is 6.72. The van der Waals surface area contributed by atoms with Crippen molar-refractivity contribution in [2.75, 3.05) is 0 Å². The Hall–Kier alpha value is -3.34. The molecule has 5 nitrogen and oxygen atoms in total. The lowest BCUT2D eigenvalue weighted by Crippen LogP contribution is -2.60. The average Bonchev–Trinajstić information content (AvgIpc) is 2.83. The quantitative estimate of drug-likeness (QED) is 0.348. The van der Waals surface area contributed by atoms with Gasteiger partial charge in [-0.3, -0.25) is 9.59 Å². The van der Waals surface area contributed by atoms with Gasteiger partial charge in [0.05, 0.1) is 0 Å². The molecule has 0 saturated heterocycles. The van der Waals surface area contributed by atoms with Gasteiger partial charge >= 0.3 is 0 Å². The third kappa shape index (κ3) is 4.49. The number of nitrogens with one attached hydrogen (secondary N) is 1. The molecule has 0 heterocycles. The number of aromatic hydroxyl groups is 2. The molecule has 0 spiro atoms. The van der Waals surface area contributed by atoms with Crippen LogP contribution in [0.2, 0.25) is 0 Å². The van der Waals surface area contributed by atoms with Gasteiger partial charge in [0.2, 0.25) is 0 Å². The number of benzene rings is 3. The Morgan fingerprint density at radius 1 is 0.865 bits per heavy atom. The highest BCUT2D eigenvalue weighted by molar-refractivity contribution is 6.00. The van der Waals surface area contributed by atoms with Crippen molar-refractivity contribution in [3.05, 3.63) is 71.8 Å². The Morgan fingerprint density at radius 2 is 1.54 bits per heavy atom. The zero-order chi connectivity index (χ0) is 26.5. The second kappa shape index (κ2) is 9.20. The van der Waals surface area contributed by atoms with Crippen molar-refractivity contribution in [1.29, 1.82) is 0 Å². The molecule has 0 aliphatic heterocycles. The average molecular weight is 500 g/mol. The van der Waals surface area contributed by atoms with Crippen molar-refractivity contribution in [3.63, 3.8) is 0 Å². The van der Waals surface area contributed by atoms with E-state index >= 15 is 0 Å². The monoisotopic (exact) mass is 499 g/mol. The maximum absolute atomic E-state index is 14.1. The number of amides is 1. The minimum atomic E-state index is -0.353. The summed E-state index contributed by atoms with van der Waals surface area (Å²) in [6, 6.07) is 17.7. The summed E-state index contributed by atoms with van der Waals surface area (Å²) in [7, 11) is 0. The SMILES string of the molecule is C[C@H]1[C@H](NC(=O)c2ccc3ccccc3c2)C[C@H]2C(C)(C)CCC[C@]2(C)[C@H]1C(=O)c1cc(O)cc(O)c1. The topological polar surface area (TPSA) is 86.6 Å². The Morgan fingerprint density at radius 3 is 2.24 bits per heavy atom. The van der Waals surface area contributed by atoms with Crippen LogP contribution in [0, 0.1) is 28.6 Å². The van der Waals surface area contributed by atoms with Gasteiger partial charge < -0.3 is 15.5 Å². The van der Waals surface area contributed by atoms with E-state index in [9.17, 15) is 19.8 Å². The normalized spacial score (nSPS) is 28.9. The van der Waals surface area contributed by atoms with Crippen molar-refractivity contribution in [1.82, 2.24) is 5.32 Å². The second-order valence-electron chi connectivity index (χ2n) is 12.2. The summed E-state index contributed by atoms with van der Waals surface area (Å²) in [5.74, 6) is -0.677. The molecule has 2 saturated carbocycles. The number of fused-ring (bicyclic) bond motifs is 2. The maximum atomic E-state index is 14.1. The van der Waals surface area contributed by atoms with Gasteiger partial charge in [0, 0.05) is 29.2 Å². The van der Waals surface area contributed by atoms with Gasteiger partial charge in [-0.15, -0.1) is 0 Å². The Bertz CT molecular complexity index is 1340. The summed E-state index contributed by atoms with van der Waals surface area (Å²) in [5, 5.41) is 25.6. The summed E-state index contributed by atoms with van der Waals surface area (Å²) in [6.07, 6.45) is 3.90. The molecule has 194 valence electrons. The van der Waals surface area contributed by atoms with Gasteiger partial charge in [-0.2, -0.15) is 0 Å². The fourth-order valence-corrected chi connectivity index (χ4v) is 7.66.